The normalized spacial score (nSPS) is 10.9. The van der Waals surface area contributed by atoms with Crippen LogP contribution in [-0.2, 0) is 0 Å². The number of benzene rings is 2. The molecule has 0 radical (unpaired) electrons. The van der Waals surface area contributed by atoms with Crippen molar-refractivity contribution in [3.8, 4) is 17.0 Å². The van der Waals surface area contributed by atoms with Crippen LogP contribution in [0, 0.1) is 5.92 Å². The third-order valence-electron chi connectivity index (χ3n) is 3.81. The molecule has 0 spiro atoms. The maximum atomic E-state index is 12.2. The van der Waals surface area contributed by atoms with E-state index < -0.39 is 0 Å². The largest absolute Gasteiger partial charge is 0.493 e. The van der Waals surface area contributed by atoms with Gasteiger partial charge in [-0.2, -0.15) is 0 Å². The Labute approximate surface area is 146 Å². The standard InChI is InChI=1S/C20H21N3O2/c1-13(2)12-25-15-7-5-6-14(10-15)19-11-17(20(24)23-21)16-8-3-4-9-18(16)22-19/h3-11,13H,12,21H2,1-2H3,(H,23,24). The van der Waals surface area contributed by atoms with Crippen LogP contribution in [0.4, 0.5) is 0 Å². The molecule has 0 saturated heterocycles. The molecular formula is C20H21N3O2. The van der Waals surface area contributed by atoms with E-state index in [-0.39, 0.29) is 5.91 Å². The number of fused-ring (bicyclic) bond motifs is 1. The van der Waals surface area contributed by atoms with E-state index in [2.05, 4.69) is 24.3 Å². The van der Waals surface area contributed by atoms with Crippen LogP contribution in [0.25, 0.3) is 22.2 Å². The second-order valence-corrected chi connectivity index (χ2v) is 6.28. The number of carbonyl (C=O) groups excluding carboxylic acids is 1. The number of nitrogens with two attached hydrogens (primary N) is 1. The minimum Gasteiger partial charge on any atom is -0.493 e. The third-order valence-corrected chi connectivity index (χ3v) is 3.81. The Bertz CT molecular complexity index is 906. The molecule has 2 aromatic carbocycles. The summed E-state index contributed by atoms with van der Waals surface area (Å²) in [6.07, 6.45) is 0. The van der Waals surface area contributed by atoms with E-state index in [9.17, 15) is 4.79 Å². The molecule has 128 valence electrons. The van der Waals surface area contributed by atoms with E-state index >= 15 is 0 Å². The summed E-state index contributed by atoms with van der Waals surface area (Å²) in [7, 11) is 0. The first kappa shape index (κ1) is 16.9. The molecule has 0 bridgehead atoms. The van der Waals surface area contributed by atoms with Crippen molar-refractivity contribution in [2.75, 3.05) is 6.61 Å². The van der Waals surface area contributed by atoms with Gasteiger partial charge in [-0.1, -0.05) is 44.2 Å². The molecule has 0 aliphatic carbocycles. The summed E-state index contributed by atoms with van der Waals surface area (Å²) in [5, 5.41) is 0.765. The zero-order chi connectivity index (χ0) is 17.8. The number of amides is 1. The molecule has 0 saturated carbocycles. The van der Waals surface area contributed by atoms with E-state index in [1.54, 1.807) is 6.07 Å². The van der Waals surface area contributed by atoms with Crippen molar-refractivity contribution in [3.63, 3.8) is 0 Å². The number of carbonyl (C=O) groups is 1. The number of nitrogens with zero attached hydrogens (tertiary/aromatic N) is 1. The molecule has 5 heteroatoms. The lowest BCUT2D eigenvalue weighted by Gasteiger charge is -2.11. The molecule has 5 nitrogen and oxygen atoms in total. The molecule has 0 unspecified atom stereocenters. The van der Waals surface area contributed by atoms with Gasteiger partial charge in [-0.25, -0.2) is 10.8 Å². The fourth-order valence-corrected chi connectivity index (χ4v) is 2.60. The molecule has 3 rings (SSSR count). The van der Waals surface area contributed by atoms with Crippen LogP contribution in [-0.4, -0.2) is 17.5 Å². The number of pyridine rings is 1. The highest BCUT2D eigenvalue weighted by Gasteiger charge is 2.13. The summed E-state index contributed by atoms with van der Waals surface area (Å²) in [6, 6.07) is 17.0. The average molecular weight is 335 g/mol. The van der Waals surface area contributed by atoms with E-state index in [0.29, 0.717) is 23.8 Å². The Morgan fingerprint density at radius 3 is 2.72 bits per heavy atom. The molecule has 0 aliphatic heterocycles. The summed E-state index contributed by atoms with van der Waals surface area (Å²) in [6.45, 7) is 4.86. The Morgan fingerprint density at radius 1 is 1.16 bits per heavy atom. The van der Waals surface area contributed by atoms with Crippen LogP contribution in [0.5, 0.6) is 5.75 Å². The Balaban J connectivity index is 2.07. The maximum absolute atomic E-state index is 12.2. The van der Waals surface area contributed by atoms with Crippen LogP contribution >= 0.6 is 0 Å². The molecule has 1 aromatic heterocycles. The third kappa shape index (κ3) is 3.78. The quantitative estimate of drug-likeness (QED) is 0.425. The predicted molar refractivity (Wildman–Crippen MR) is 99.2 cm³/mol. The fraction of sp³-hybridized carbons (Fsp3) is 0.200. The van der Waals surface area contributed by atoms with Gasteiger partial charge < -0.3 is 4.74 Å². The average Bonchev–Trinajstić information content (AvgIpc) is 2.65. The molecular weight excluding hydrogens is 314 g/mol. The van der Waals surface area contributed by atoms with E-state index in [1.807, 2.05) is 48.5 Å². The van der Waals surface area contributed by atoms with E-state index in [4.69, 9.17) is 10.6 Å². The summed E-state index contributed by atoms with van der Waals surface area (Å²) in [5.41, 5.74) is 5.03. The summed E-state index contributed by atoms with van der Waals surface area (Å²) < 4.78 is 5.79. The van der Waals surface area contributed by atoms with Crippen molar-refractivity contribution >= 4 is 16.8 Å². The minimum absolute atomic E-state index is 0.341. The molecule has 3 aromatic rings. The number of aromatic nitrogens is 1. The van der Waals surface area contributed by atoms with Gasteiger partial charge in [-0.15, -0.1) is 0 Å². The lowest BCUT2D eigenvalue weighted by atomic mass is 10.0. The van der Waals surface area contributed by atoms with E-state index in [0.717, 1.165) is 22.2 Å². The number of hydrogen-bond acceptors (Lipinski definition) is 4. The summed E-state index contributed by atoms with van der Waals surface area (Å²) in [5.74, 6) is 6.23. The topological polar surface area (TPSA) is 77.2 Å². The van der Waals surface area contributed by atoms with Crippen molar-refractivity contribution in [1.29, 1.82) is 0 Å². The number of nitrogen functional groups attached to an aromatic ring is 1. The van der Waals surface area contributed by atoms with Crippen LogP contribution < -0.4 is 16.0 Å². The summed E-state index contributed by atoms with van der Waals surface area (Å²) in [4.78, 5) is 16.8. The highest BCUT2D eigenvalue weighted by atomic mass is 16.5. The van der Waals surface area contributed by atoms with Gasteiger partial charge in [0.25, 0.3) is 5.91 Å². The van der Waals surface area contributed by atoms with Crippen molar-refractivity contribution in [2.45, 2.75) is 13.8 Å². The lowest BCUT2D eigenvalue weighted by Crippen LogP contribution is -2.30. The van der Waals surface area contributed by atoms with Gasteiger partial charge in [0.1, 0.15) is 5.75 Å². The Kier molecular flexibility index (Phi) is 4.95. The smallest absolute Gasteiger partial charge is 0.265 e. The summed E-state index contributed by atoms with van der Waals surface area (Å²) >= 11 is 0. The fourth-order valence-electron chi connectivity index (χ4n) is 2.60. The first-order chi connectivity index (χ1) is 12.1. The monoisotopic (exact) mass is 335 g/mol. The van der Waals surface area contributed by atoms with Gasteiger partial charge in [-0.3, -0.25) is 10.2 Å². The molecule has 1 heterocycles. The first-order valence-corrected chi connectivity index (χ1v) is 8.22. The van der Waals surface area contributed by atoms with Crippen LogP contribution in [0.15, 0.2) is 54.6 Å². The lowest BCUT2D eigenvalue weighted by molar-refractivity contribution is 0.0955. The molecule has 0 fully saturated rings. The highest BCUT2D eigenvalue weighted by Crippen LogP contribution is 2.27. The van der Waals surface area contributed by atoms with E-state index in [1.165, 1.54) is 0 Å². The van der Waals surface area contributed by atoms with Crippen molar-refractivity contribution in [1.82, 2.24) is 10.4 Å². The molecule has 0 aliphatic rings. The van der Waals surface area contributed by atoms with Gasteiger partial charge in [0.15, 0.2) is 0 Å². The van der Waals surface area contributed by atoms with Gasteiger partial charge in [0, 0.05) is 10.9 Å². The SMILES string of the molecule is CC(C)COc1cccc(-c2cc(C(=O)NN)c3ccccc3n2)c1. The highest BCUT2D eigenvalue weighted by molar-refractivity contribution is 6.07. The zero-order valence-corrected chi connectivity index (χ0v) is 14.3. The van der Waals surface area contributed by atoms with Crippen molar-refractivity contribution < 1.29 is 9.53 Å². The van der Waals surface area contributed by atoms with Crippen molar-refractivity contribution in [2.24, 2.45) is 11.8 Å². The first-order valence-electron chi connectivity index (χ1n) is 8.22. The second kappa shape index (κ2) is 7.32. The molecule has 25 heavy (non-hydrogen) atoms. The van der Waals surface area contributed by atoms with Gasteiger partial charge in [0.2, 0.25) is 0 Å². The van der Waals surface area contributed by atoms with Crippen LogP contribution in [0.1, 0.15) is 24.2 Å². The molecule has 3 N–H and O–H groups in total. The number of para-hydroxylation sites is 1. The minimum atomic E-state index is -0.341. The molecule has 0 atom stereocenters. The van der Waals surface area contributed by atoms with Gasteiger partial charge in [0.05, 0.1) is 23.4 Å². The number of hydrogen-bond donors (Lipinski definition) is 2. The van der Waals surface area contributed by atoms with Crippen molar-refractivity contribution in [3.05, 3.63) is 60.2 Å². The number of nitrogens with one attached hydrogen (secondary N) is 1. The number of rotatable bonds is 5. The maximum Gasteiger partial charge on any atom is 0.265 e. The Hall–Kier alpha value is -2.92. The molecule has 1 amide bonds. The number of ether oxygens (including phenoxy) is 1. The zero-order valence-electron chi connectivity index (χ0n) is 14.3. The van der Waals surface area contributed by atoms with Crippen LogP contribution in [0.3, 0.4) is 0 Å². The predicted octanol–water partition coefficient (Wildman–Crippen LogP) is 3.54. The van der Waals surface area contributed by atoms with Crippen LogP contribution in [0.2, 0.25) is 0 Å². The second-order valence-electron chi connectivity index (χ2n) is 6.28. The van der Waals surface area contributed by atoms with Gasteiger partial charge >= 0.3 is 0 Å². The van der Waals surface area contributed by atoms with Gasteiger partial charge in [-0.05, 0) is 30.2 Å². The number of hydrazine groups is 1. The Morgan fingerprint density at radius 2 is 1.96 bits per heavy atom.